The number of hydrogen-bond acceptors (Lipinski definition) is 7. The minimum Gasteiger partial charge on any atom is -0.482 e. The van der Waals surface area contributed by atoms with Crippen molar-refractivity contribution < 1.29 is 21.9 Å². The van der Waals surface area contributed by atoms with Crippen molar-refractivity contribution in [2.75, 3.05) is 20.3 Å². The number of fused-ring (bicyclic) bond motifs is 2. The van der Waals surface area contributed by atoms with Crippen LogP contribution >= 0.6 is 0 Å². The summed E-state index contributed by atoms with van der Waals surface area (Å²) in [6.07, 6.45) is 3.51. The predicted octanol–water partition coefficient (Wildman–Crippen LogP) is 0.624. The Kier molecular flexibility index (Phi) is 4.52. The van der Waals surface area contributed by atoms with E-state index >= 15 is 0 Å². The lowest BCUT2D eigenvalue weighted by Crippen LogP contribution is -2.38. The molecule has 3 aliphatic heterocycles. The molecule has 3 aliphatic rings. The Balaban J connectivity index is 1.60. The molecular weight excluding hydrogens is 392 g/mol. The lowest BCUT2D eigenvalue weighted by Gasteiger charge is -2.30. The predicted molar refractivity (Wildman–Crippen MR) is 98.0 cm³/mol. The number of benzene rings is 1. The van der Waals surface area contributed by atoms with Crippen LogP contribution in [0.15, 0.2) is 50.2 Å². The van der Waals surface area contributed by atoms with E-state index in [0.29, 0.717) is 18.1 Å². The molecule has 0 saturated heterocycles. The highest BCUT2D eigenvalue weighted by molar-refractivity contribution is 7.89. The summed E-state index contributed by atoms with van der Waals surface area (Å²) in [5.41, 5.74) is 2.17. The van der Waals surface area contributed by atoms with Crippen molar-refractivity contribution in [2.45, 2.75) is 17.5 Å². The normalized spacial score (nSPS) is 21.6. The average Bonchev–Trinajstić information content (AvgIpc) is 3.07. The number of aliphatic imine (C=N–C) groups is 2. The van der Waals surface area contributed by atoms with E-state index in [-0.39, 0.29) is 24.8 Å². The second-order valence-electron chi connectivity index (χ2n) is 6.56. The number of dihydropyridines is 1. The van der Waals surface area contributed by atoms with Crippen molar-refractivity contribution in [2.24, 2.45) is 15.1 Å². The van der Waals surface area contributed by atoms with Gasteiger partial charge in [0, 0.05) is 36.5 Å². The molecule has 0 aromatic heterocycles. The molecule has 28 heavy (non-hydrogen) atoms. The molecule has 148 valence electrons. The zero-order chi connectivity index (χ0) is 20.1. The topological polar surface area (TPSA) is 109 Å². The molecule has 3 N–H and O–H groups in total. The van der Waals surface area contributed by atoms with Crippen LogP contribution in [0.25, 0.3) is 0 Å². The van der Waals surface area contributed by atoms with Gasteiger partial charge in [-0.3, -0.25) is 14.9 Å². The number of methoxy groups -OCH3 is 1. The van der Waals surface area contributed by atoms with Crippen molar-refractivity contribution in [3.63, 3.8) is 0 Å². The number of hydrogen-bond donors (Lipinski definition) is 2. The van der Waals surface area contributed by atoms with E-state index in [1.165, 1.54) is 0 Å². The third-order valence-electron chi connectivity index (χ3n) is 4.72. The molecule has 4 rings (SSSR count). The molecular formula is C17H17F2N5O3S. The first-order valence-corrected chi connectivity index (χ1v) is 9.88. The van der Waals surface area contributed by atoms with Gasteiger partial charge in [-0.2, -0.15) is 0 Å². The molecule has 1 unspecified atom stereocenters. The van der Waals surface area contributed by atoms with Gasteiger partial charge in [-0.1, -0.05) is 0 Å². The molecule has 0 bridgehead atoms. The first-order chi connectivity index (χ1) is 13.3. The summed E-state index contributed by atoms with van der Waals surface area (Å²) in [5, 5.41) is 8.09. The average molecular weight is 409 g/mol. The summed E-state index contributed by atoms with van der Waals surface area (Å²) in [4.78, 5) is 9.97. The number of primary sulfonamides is 1. The maximum atomic E-state index is 14.3. The summed E-state index contributed by atoms with van der Waals surface area (Å²) < 4.78 is 56.6. The van der Waals surface area contributed by atoms with Crippen LogP contribution in [0.1, 0.15) is 5.56 Å². The number of nitrogens with two attached hydrogens (primary N) is 1. The van der Waals surface area contributed by atoms with Crippen molar-refractivity contribution in [1.29, 1.82) is 0 Å². The van der Waals surface area contributed by atoms with Gasteiger partial charge in [0.15, 0.2) is 5.88 Å². The lowest BCUT2D eigenvalue weighted by atomic mass is 10.00. The molecule has 0 aliphatic carbocycles. The molecule has 0 spiro atoms. The molecule has 1 aromatic rings. The molecule has 1 atom stereocenters. The zero-order valence-corrected chi connectivity index (χ0v) is 15.6. The monoisotopic (exact) mass is 409 g/mol. The Labute approximate surface area is 160 Å². The number of sulfonamides is 1. The van der Waals surface area contributed by atoms with Gasteiger partial charge in [0.1, 0.15) is 17.7 Å². The molecule has 11 heteroatoms. The lowest BCUT2D eigenvalue weighted by molar-refractivity contribution is 0.271. The highest BCUT2D eigenvalue weighted by Gasteiger charge is 2.32. The number of ether oxygens (including phenoxy) is 1. The second-order valence-corrected chi connectivity index (χ2v) is 8.12. The van der Waals surface area contributed by atoms with Gasteiger partial charge in [0.2, 0.25) is 10.0 Å². The Morgan fingerprint density at radius 3 is 2.71 bits per heavy atom. The maximum absolute atomic E-state index is 14.3. The fourth-order valence-electron chi connectivity index (χ4n) is 3.31. The van der Waals surface area contributed by atoms with Crippen LogP contribution < -0.4 is 10.5 Å². The summed E-state index contributed by atoms with van der Waals surface area (Å²) >= 11 is 0. The smallest absolute Gasteiger partial charge is 0.238 e. The standard InChI is InChI=1S/C17H17F2N5O3S/c1-27-16-4-14-17(23-16)11-7-24(8-22-15(11)5-21-14)6-10-12(18)2-9(3-13(10)19)28(20,25)26/h2-5,14,23H,6-8H2,1H3,(H2,20,25,26). The first kappa shape index (κ1) is 18.7. The van der Waals surface area contributed by atoms with Gasteiger partial charge in [0.25, 0.3) is 0 Å². The van der Waals surface area contributed by atoms with Gasteiger partial charge in [-0.05, 0) is 12.1 Å². The van der Waals surface area contributed by atoms with Gasteiger partial charge in [-0.15, -0.1) is 0 Å². The second kappa shape index (κ2) is 6.76. The van der Waals surface area contributed by atoms with E-state index in [4.69, 9.17) is 9.88 Å². The molecule has 1 aromatic carbocycles. The van der Waals surface area contributed by atoms with Crippen LogP contribution in [-0.2, 0) is 21.3 Å². The third kappa shape index (κ3) is 3.32. The minimum atomic E-state index is -4.19. The molecule has 8 nitrogen and oxygen atoms in total. The van der Waals surface area contributed by atoms with Crippen LogP contribution in [0.4, 0.5) is 8.78 Å². The van der Waals surface area contributed by atoms with E-state index in [9.17, 15) is 17.2 Å². The molecule has 0 fully saturated rings. The maximum Gasteiger partial charge on any atom is 0.238 e. The number of halogens is 2. The summed E-state index contributed by atoms with van der Waals surface area (Å²) in [6, 6.07) is 1.25. The third-order valence-corrected chi connectivity index (χ3v) is 5.61. The minimum absolute atomic E-state index is 0.0809. The van der Waals surface area contributed by atoms with E-state index in [2.05, 4.69) is 15.3 Å². The first-order valence-electron chi connectivity index (χ1n) is 8.33. The fourth-order valence-corrected chi connectivity index (χ4v) is 3.84. The van der Waals surface area contributed by atoms with E-state index in [0.717, 1.165) is 23.4 Å². The van der Waals surface area contributed by atoms with Crippen molar-refractivity contribution in [1.82, 2.24) is 10.2 Å². The molecule has 0 amide bonds. The highest BCUT2D eigenvalue weighted by atomic mass is 32.2. The van der Waals surface area contributed by atoms with Gasteiger partial charge >= 0.3 is 0 Å². The Morgan fingerprint density at radius 1 is 1.36 bits per heavy atom. The van der Waals surface area contributed by atoms with Gasteiger partial charge in [-0.25, -0.2) is 22.3 Å². The van der Waals surface area contributed by atoms with Crippen LogP contribution in [0, 0.1) is 11.6 Å². The van der Waals surface area contributed by atoms with E-state index in [1.807, 2.05) is 6.08 Å². The van der Waals surface area contributed by atoms with E-state index in [1.54, 1.807) is 18.2 Å². The van der Waals surface area contributed by atoms with E-state index < -0.39 is 26.6 Å². The SMILES string of the molecule is COC1=CC2N=CC3=NCN(Cc4c(F)cc(S(N)(=O)=O)cc4F)CC3=C2N1. The molecule has 3 heterocycles. The molecule has 0 radical (unpaired) electrons. The number of rotatable bonds is 4. The summed E-state index contributed by atoms with van der Waals surface area (Å²) in [6.45, 7) is 0.538. The van der Waals surface area contributed by atoms with Gasteiger partial charge in [0.05, 0.1) is 30.1 Å². The van der Waals surface area contributed by atoms with Crippen LogP contribution in [0.5, 0.6) is 0 Å². The van der Waals surface area contributed by atoms with Gasteiger partial charge < -0.3 is 10.1 Å². The van der Waals surface area contributed by atoms with Crippen LogP contribution in [-0.4, -0.2) is 51.6 Å². The Hall–Kier alpha value is -2.63. The van der Waals surface area contributed by atoms with Crippen molar-refractivity contribution >= 4 is 21.9 Å². The largest absolute Gasteiger partial charge is 0.482 e. The van der Waals surface area contributed by atoms with Crippen molar-refractivity contribution in [3.05, 3.63) is 52.6 Å². The zero-order valence-electron chi connectivity index (χ0n) is 14.8. The van der Waals surface area contributed by atoms with Crippen LogP contribution in [0.3, 0.4) is 0 Å². The highest BCUT2D eigenvalue weighted by Crippen LogP contribution is 2.28. The number of nitrogens with one attached hydrogen (secondary N) is 1. The number of nitrogens with zero attached hydrogens (tertiary/aromatic N) is 3. The Morgan fingerprint density at radius 2 is 2.07 bits per heavy atom. The quantitative estimate of drug-likeness (QED) is 0.758. The van der Waals surface area contributed by atoms with Crippen molar-refractivity contribution in [3.8, 4) is 0 Å². The summed E-state index contributed by atoms with van der Waals surface area (Å²) in [5.74, 6) is -1.36. The fraction of sp³-hybridized carbons (Fsp3) is 0.294. The van der Waals surface area contributed by atoms with Crippen LogP contribution in [0.2, 0.25) is 0 Å². The Bertz CT molecular complexity index is 1060. The summed E-state index contributed by atoms with van der Waals surface area (Å²) in [7, 11) is -2.65. The molecule has 0 saturated carbocycles.